The SMILES string of the molecule is COc1cccc(C=NN=C(N)N)c1OCCCn1ccnc1. The van der Waals surface area contributed by atoms with Crippen LogP contribution in [0.3, 0.4) is 0 Å². The van der Waals surface area contributed by atoms with Gasteiger partial charge in [0.1, 0.15) is 0 Å². The van der Waals surface area contributed by atoms with E-state index in [0.717, 1.165) is 18.5 Å². The van der Waals surface area contributed by atoms with Gasteiger partial charge in [0.25, 0.3) is 0 Å². The van der Waals surface area contributed by atoms with Gasteiger partial charge in [-0.05, 0) is 18.6 Å². The zero-order valence-electron chi connectivity index (χ0n) is 12.9. The number of ether oxygens (including phenoxy) is 2. The van der Waals surface area contributed by atoms with E-state index in [0.29, 0.717) is 18.1 Å². The molecule has 8 heteroatoms. The van der Waals surface area contributed by atoms with Gasteiger partial charge in [-0.25, -0.2) is 4.98 Å². The third kappa shape index (κ3) is 5.03. The van der Waals surface area contributed by atoms with Crippen molar-refractivity contribution in [2.24, 2.45) is 21.7 Å². The Kier molecular flexibility index (Phi) is 5.98. The van der Waals surface area contributed by atoms with Crippen LogP contribution in [0, 0.1) is 0 Å². The third-order valence-corrected chi connectivity index (χ3v) is 2.97. The van der Waals surface area contributed by atoms with Gasteiger partial charge in [-0.1, -0.05) is 6.07 Å². The Morgan fingerprint density at radius 2 is 2.26 bits per heavy atom. The van der Waals surface area contributed by atoms with Crippen molar-refractivity contribution in [1.82, 2.24) is 9.55 Å². The highest BCUT2D eigenvalue weighted by Gasteiger charge is 2.09. The zero-order valence-corrected chi connectivity index (χ0v) is 12.9. The van der Waals surface area contributed by atoms with Crippen molar-refractivity contribution in [3.8, 4) is 11.5 Å². The van der Waals surface area contributed by atoms with Crippen LogP contribution in [0.15, 0.2) is 47.1 Å². The fraction of sp³-hybridized carbons (Fsp3) is 0.267. The Morgan fingerprint density at radius 1 is 1.39 bits per heavy atom. The number of imidazole rings is 1. The summed E-state index contributed by atoms with van der Waals surface area (Å²) in [4.78, 5) is 4.00. The summed E-state index contributed by atoms with van der Waals surface area (Å²) in [6, 6.07) is 5.51. The summed E-state index contributed by atoms with van der Waals surface area (Å²) in [5, 5.41) is 7.39. The molecule has 0 aliphatic heterocycles. The average molecular weight is 316 g/mol. The lowest BCUT2D eigenvalue weighted by Gasteiger charge is -2.13. The van der Waals surface area contributed by atoms with Crippen molar-refractivity contribution in [2.45, 2.75) is 13.0 Å². The van der Waals surface area contributed by atoms with Crippen molar-refractivity contribution in [3.05, 3.63) is 42.5 Å². The number of nitrogens with two attached hydrogens (primary N) is 2. The molecule has 0 amide bonds. The fourth-order valence-electron chi connectivity index (χ4n) is 1.95. The molecule has 1 heterocycles. The molecule has 1 aromatic heterocycles. The first kappa shape index (κ1) is 16.3. The van der Waals surface area contributed by atoms with E-state index >= 15 is 0 Å². The smallest absolute Gasteiger partial charge is 0.211 e. The number of rotatable bonds is 8. The highest BCUT2D eigenvalue weighted by molar-refractivity contribution is 5.86. The summed E-state index contributed by atoms with van der Waals surface area (Å²) in [6.07, 6.45) is 7.79. The van der Waals surface area contributed by atoms with Crippen LogP contribution in [-0.4, -0.2) is 35.4 Å². The van der Waals surface area contributed by atoms with Gasteiger partial charge in [0.15, 0.2) is 11.5 Å². The van der Waals surface area contributed by atoms with Gasteiger partial charge in [0, 0.05) is 24.5 Å². The molecular formula is C15H20N6O2. The second kappa shape index (κ2) is 8.42. The monoisotopic (exact) mass is 316 g/mol. The van der Waals surface area contributed by atoms with E-state index in [4.69, 9.17) is 20.9 Å². The molecule has 0 fully saturated rings. The molecule has 0 atom stereocenters. The lowest BCUT2D eigenvalue weighted by Crippen LogP contribution is -2.21. The number of hydrogen-bond donors (Lipinski definition) is 2. The van der Waals surface area contributed by atoms with E-state index in [-0.39, 0.29) is 5.96 Å². The minimum Gasteiger partial charge on any atom is -0.493 e. The average Bonchev–Trinajstić information content (AvgIpc) is 3.05. The summed E-state index contributed by atoms with van der Waals surface area (Å²) in [7, 11) is 1.59. The van der Waals surface area contributed by atoms with Crippen LogP contribution >= 0.6 is 0 Å². The van der Waals surface area contributed by atoms with Crippen LogP contribution in [0.5, 0.6) is 11.5 Å². The van der Waals surface area contributed by atoms with Crippen LogP contribution in [0.2, 0.25) is 0 Å². The lowest BCUT2D eigenvalue weighted by atomic mass is 10.2. The van der Waals surface area contributed by atoms with E-state index in [1.165, 1.54) is 6.21 Å². The van der Waals surface area contributed by atoms with Gasteiger partial charge in [0.2, 0.25) is 5.96 Å². The Balaban J connectivity index is 2.02. The first-order chi connectivity index (χ1) is 11.2. The first-order valence-electron chi connectivity index (χ1n) is 7.08. The van der Waals surface area contributed by atoms with Gasteiger partial charge < -0.3 is 25.5 Å². The molecule has 0 saturated heterocycles. The van der Waals surface area contributed by atoms with Crippen molar-refractivity contribution >= 4 is 12.2 Å². The summed E-state index contributed by atoms with van der Waals surface area (Å²) in [6.45, 7) is 1.36. The Bertz CT molecular complexity index is 663. The van der Waals surface area contributed by atoms with Crippen LogP contribution in [-0.2, 0) is 6.54 Å². The molecule has 0 aliphatic carbocycles. The van der Waals surface area contributed by atoms with Crippen LogP contribution in [0.1, 0.15) is 12.0 Å². The molecule has 0 saturated carbocycles. The molecule has 0 unspecified atom stereocenters. The molecule has 0 bridgehead atoms. The minimum absolute atomic E-state index is 0.105. The lowest BCUT2D eigenvalue weighted by molar-refractivity contribution is 0.282. The topological polar surface area (TPSA) is 113 Å². The standard InChI is InChI=1S/C15H20N6O2/c1-22-13-5-2-4-12(10-19-20-15(16)17)14(13)23-9-3-7-21-8-6-18-11-21/h2,4-6,8,10-11H,3,7,9H2,1H3,(H4,16,17,20). The Morgan fingerprint density at radius 3 is 2.96 bits per heavy atom. The highest BCUT2D eigenvalue weighted by Crippen LogP contribution is 2.30. The van der Waals surface area contributed by atoms with Gasteiger partial charge in [-0.3, -0.25) is 0 Å². The van der Waals surface area contributed by atoms with Crippen molar-refractivity contribution in [3.63, 3.8) is 0 Å². The molecular weight excluding hydrogens is 296 g/mol. The molecule has 4 N–H and O–H groups in total. The number of aromatic nitrogens is 2. The van der Waals surface area contributed by atoms with E-state index < -0.39 is 0 Å². The van der Waals surface area contributed by atoms with Crippen LogP contribution < -0.4 is 20.9 Å². The second-order valence-corrected chi connectivity index (χ2v) is 4.65. The highest BCUT2D eigenvalue weighted by atomic mass is 16.5. The van der Waals surface area contributed by atoms with Crippen molar-refractivity contribution < 1.29 is 9.47 Å². The van der Waals surface area contributed by atoms with Crippen LogP contribution in [0.25, 0.3) is 0 Å². The minimum atomic E-state index is -0.105. The largest absolute Gasteiger partial charge is 0.493 e. The van der Waals surface area contributed by atoms with Crippen molar-refractivity contribution in [1.29, 1.82) is 0 Å². The maximum atomic E-state index is 5.85. The molecule has 1 aromatic carbocycles. The Labute approximate surface area is 134 Å². The van der Waals surface area contributed by atoms with Gasteiger partial charge in [0.05, 0.1) is 26.3 Å². The molecule has 23 heavy (non-hydrogen) atoms. The number of para-hydroxylation sites is 1. The van der Waals surface area contributed by atoms with E-state index in [9.17, 15) is 0 Å². The molecule has 0 spiro atoms. The zero-order chi connectivity index (χ0) is 16.5. The number of nitrogens with zero attached hydrogens (tertiary/aromatic N) is 4. The molecule has 2 aromatic rings. The molecule has 2 rings (SSSR count). The summed E-state index contributed by atoms with van der Waals surface area (Å²) >= 11 is 0. The van der Waals surface area contributed by atoms with Gasteiger partial charge in [-0.2, -0.15) is 5.10 Å². The number of guanidine groups is 1. The predicted molar refractivity (Wildman–Crippen MR) is 88.7 cm³/mol. The molecule has 122 valence electrons. The van der Waals surface area contributed by atoms with Gasteiger partial charge >= 0.3 is 0 Å². The second-order valence-electron chi connectivity index (χ2n) is 4.65. The quantitative estimate of drug-likeness (QED) is 0.326. The van der Waals surface area contributed by atoms with Gasteiger partial charge in [-0.15, -0.1) is 5.10 Å². The molecule has 0 radical (unpaired) electrons. The predicted octanol–water partition coefficient (Wildman–Crippen LogP) is 0.968. The van der Waals surface area contributed by atoms with Crippen LogP contribution in [0.4, 0.5) is 0 Å². The van der Waals surface area contributed by atoms with E-state index in [1.807, 2.05) is 29.0 Å². The molecule has 0 aliphatic rings. The molecule has 8 nitrogen and oxygen atoms in total. The maximum Gasteiger partial charge on any atom is 0.211 e. The number of methoxy groups -OCH3 is 1. The number of aryl methyl sites for hydroxylation is 1. The first-order valence-corrected chi connectivity index (χ1v) is 7.08. The summed E-state index contributed by atoms with van der Waals surface area (Å²) in [5.41, 5.74) is 11.2. The van der Waals surface area contributed by atoms with E-state index in [1.54, 1.807) is 19.6 Å². The number of hydrogen-bond acceptors (Lipinski definition) is 5. The number of benzene rings is 1. The summed E-state index contributed by atoms with van der Waals surface area (Å²) in [5.74, 6) is 1.13. The maximum absolute atomic E-state index is 5.85. The third-order valence-electron chi connectivity index (χ3n) is 2.97. The summed E-state index contributed by atoms with van der Waals surface area (Å²) < 4.78 is 13.2. The Hall–Kier alpha value is -3.03. The van der Waals surface area contributed by atoms with Crippen molar-refractivity contribution in [2.75, 3.05) is 13.7 Å². The van der Waals surface area contributed by atoms with E-state index in [2.05, 4.69) is 15.2 Å². The fourth-order valence-corrected chi connectivity index (χ4v) is 1.95. The normalized spacial score (nSPS) is 10.7.